The zero-order chi connectivity index (χ0) is 10.2. The monoisotopic (exact) mass is 208 g/mol. The van der Waals surface area contributed by atoms with Crippen LogP contribution >= 0.6 is 0 Å². The Balaban J connectivity index is 0.000000396. The molecule has 1 saturated heterocycles. The fourth-order valence-corrected chi connectivity index (χ4v) is 2.59. The molecule has 0 aliphatic carbocycles. The molecule has 0 aromatic rings. The molecule has 1 fully saturated rings. The van der Waals surface area contributed by atoms with Crippen molar-refractivity contribution in [3.05, 3.63) is 0 Å². The zero-order valence-corrected chi connectivity index (χ0v) is 9.96. The van der Waals surface area contributed by atoms with Gasteiger partial charge in [-0.2, -0.15) is 0 Å². The summed E-state index contributed by atoms with van der Waals surface area (Å²) in [6.45, 7) is 4.08. The van der Waals surface area contributed by atoms with Gasteiger partial charge in [0.2, 0.25) is 0 Å². The molecule has 13 heavy (non-hydrogen) atoms. The van der Waals surface area contributed by atoms with Crippen molar-refractivity contribution in [3.8, 4) is 0 Å². The SMILES string of the molecule is C1CO1.CCC[Si](OC)(OC)OC. The first-order valence-corrected chi connectivity index (χ1v) is 6.41. The van der Waals surface area contributed by atoms with Crippen LogP contribution in [0.2, 0.25) is 6.04 Å². The lowest BCUT2D eigenvalue weighted by Gasteiger charge is -2.23. The third-order valence-corrected chi connectivity index (χ3v) is 4.67. The predicted octanol–water partition coefficient (Wildman–Crippen LogP) is 1.29. The smallest absolute Gasteiger partial charge is 0.377 e. The Bertz CT molecular complexity index is 104. The van der Waals surface area contributed by atoms with Crippen molar-refractivity contribution >= 4 is 8.80 Å². The van der Waals surface area contributed by atoms with Crippen LogP contribution in [0.5, 0.6) is 0 Å². The summed E-state index contributed by atoms with van der Waals surface area (Å²) in [4.78, 5) is 0. The highest BCUT2D eigenvalue weighted by Crippen LogP contribution is 2.13. The van der Waals surface area contributed by atoms with Crippen LogP contribution in [-0.4, -0.2) is 43.3 Å². The van der Waals surface area contributed by atoms with Crippen LogP contribution in [-0.2, 0) is 18.0 Å². The number of rotatable bonds is 5. The van der Waals surface area contributed by atoms with Gasteiger partial charge in [0, 0.05) is 27.4 Å². The molecule has 0 N–H and O–H groups in total. The molecular formula is C8H20O4Si. The second-order valence-corrected chi connectivity index (χ2v) is 5.75. The van der Waals surface area contributed by atoms with E-state index in [1.807, 2.05) is 0 Å². The van der Waals surface area contributed by atoms with Crippen LogP contribution in [0.25, 0.3) is 0 Å². The van der Waals surface area contributed by atoms with E-state index in [4.69, 9.17) is 13.3 Å². The van der Waals surface area contributed by atoms with E-state index in [0.717, 1.165) is 25.7 Å². The van der Waals surface area contributed by atoms with E-state index < -0.39 is 8.80 Å². The summed E-state index contributed by atoms with van der Waals surface area (Å²) in [5, 5.41) is 0. The average molecular weight is 208 g/mol. The Labute approximate surface area is 81.5 Å². The highest BCUT2D eigenvalue weighted by atomic mass is 28.4. The first-order valence-electron chi connectivity index (χ1n) is 4.48. The molecule has 1 aliphatic rings. The Kier molecular flexibility index (Phi) is 7.49. The molecule has 1 aliphatic heterocycles. The molecule has 0 unspecified atom stereocenters. The van der Waals surface area contributed by atoms with Crippen molar-refractivity contribution < 1.29 is 18.0 Å². The summed E-state index contributed by atoms with van der Waals surface area (Å²) in [6, 6.07) is 0.885. The lowest BCUT2D eigenvalue weighted by atomic mass is 10.6. The summed E-state index contributed by atoms with van der Waals surface area (Å²) < 4.78 is 20.0. The maximum Gasteiger partial charge on any atom is 0.500 e. The van der Waals surface area contributed by atoms with Crippen LogP contribution in [0.4, 0.5) is 0 Å². The minimum Gasteiger partial charge on any atom is -0.377 e. The molecule has 0 spiro atoms. The molecule has 0 aromatic carbocycles. The minimum absolute atomic E-state index is 0.885. The Morgan fingerprint density at radius 3 is 1.54 bits per heavy atom. The molecule has 0 saturated carbocycles. The summed E-state index contributed by atoms with van der Waals surface area (Å²) in [5.41, 5.74) is 0. The van der Waals surface area contributed by atoms with Crippen molar-refractivity contribution in [1.29, 1.82) is 0 Å². The molecule has 0 bridgehead atoms. The summed E-state index contributed by atoms with van der Waals surface area (Å²) in [6.07, 6.45) is 1.03. The highest BCUT2D eigenvalue weighted by molar-refractivity contribution is 6.60. The maximum absolute atomic E-state index is 5.17. The van der Waals surface area contributed by atoms with Crippen molar-refractivity contribution in [3.63, 3.8) is 0 Å². The van der Waals surface area contributed by atoms with Gasteiger partial charge in [0.05, 0.1) is 13.2 Å². The van der Waals surface area contributed by atoms with E-state index in [-0.39, 0.29) is 0 Å². The van der Waals surface area contributed by atoms with E-state index in [9.17, 15) is 0 Å². The Hall–Kier alpha value is 0.0569. The number of ether oxygens (including phenoxy) is 1. The largest absolute Gasteiger partial charge is 0.500 e. The molecule has 0 aromatic heterocycles. The van der Waals surface area contributed by atoms with Crippen LogP contribution in [0.15, 0.2) is 0 Å². The second-order valence-electron chi connectivity index (χ2n) is 2.66. The molecule has 0 atom stereocenters. The average Bonchev–Trinajstić information content (AvgIpc) is 3.01. The predicted molar refractivity (Wildman–Crippen MR) is 52.7 cm³/mol. The minimum atomic E-state index is -2.22. The van der Waals surface area contributed by atoms with Crippen LogP contribution in [0.1, 0.15) is 13.3 Å². The number of hydrogen-bond donors (Lipinski definition) is 0. The molecule has 0 radical (unpaired) electrons. The van der Waals surface area contributed by atoms with Gasteiger partial charge in [-0.3, -0.25) is 0 Å². The maximum atomic E-state index is 5.17. The third-order valence-electron chi connectivity index (χ3n) is 1.69. The summed E-state index contributed by atoms with van der Waals surface area (Å²) >= 11 is 0. The fraction of sp³-hybridized carbons (Fsp3) is 1.00. The van der Waals surface area contributed by atoms with Gasteiger partial charge in [-0.15, -0.1) is 0 Å². The lowest BCUT2D eigenvalue weighted by molar-refractivity contribution is 0.123. The molecule has 4 nitrogen and oxygen atoms in total. The van der Waals surface area contributed by atoms with Crippen molar-refractivity contribution in [2.45, 2.75) is 19.4 Å². The second kappa shape index (κ2) is 7.46. The van der Waals surface area contributed by atoms with E-state index in [1.54, 1.807) is 21.3 Å². The third kappa shape index (κ3) is 6.17. The van der Waals surface area contributed by atoms with Gasteiger partial charge in [-0.1, -0.05) is 13.3 Å². The summed E-state index contributed by atoms with van der Waals surface area (Å²) in [5.74, 6) is 0. The lowest BCUT2D eigenvalue weighted by Crippen LogP contribution is -2.42. The van der Waals surface area contributed by atoms with Crippen LogP contribution in [0.3, 0.4) is 0 Å². The highest BCUT2D eigenvalue weighted by Gasteiger charge is 2.36. The van der Waals surface area contributed by atoms with Crippen molar-refractivity contribution in [2.24, 2.45) is 0 Å². The van der Waals surface area contributed by atoms with Crippen LogP contribution in [0, 0.1) is 0 Å². The first kappa shape index (κ1) is 13.1. The molecule has 0 amide bonds. The van der Waals surface area contributed by atoms with Gasteiger partial charge in [0.25, 0.3) is 0 Å². The van der Waals surface area contributed by atoms with E-state index >= 15 is 0 Å². The molecule has 5 heteroatoms. The molecule has 80 valence electrons. The normalized spacial score (nSPS) is 14.8. The van der Waals surface area contributed by atoms with Gasteiger partial charge in [-0.25, -0.2) is 0 Å². The first-order chi connectivity index (χ1) is 6.24. The van der Waals surface area contributed by atoms with E-state index in [0.29, 0.717) is 0 Å². The van der Waals surface area contributed by atoms with Crippen molar-refractivity contribution in [2.75, 3.05) is 34.5 Å². The van der Waals surface area contributed by atoms with Crippen LogP contribution < -0.4 is 0 Å². The zero-order valence-electron chi connectivity index (χ0n) is 8.96. The number of hydrogen-bond acceptors (Lipinski definition) is 4. The standard InChI is InChI=1S/C6H16O3Si.C2H4O/c1-5-6-10(7-2,8-3)9-4;1-2-3-1/h5-6H2,1-4H3;1-2H2. The number of epoxide rings is 1. The molecule has 1 rings (SSSR count). The Morgan fingerprint density at radius 2 is 1.46 bits per heavy atom. The van der Waals surface area contributed by atoms with Gasteiger partial charge in [-0.05, 0) is 0 Å². The fourth-order valence-electron chi connectivity index (χ4n) is 0.862. The van der Waals surface area contributed by atoms with Gasteiger partial charge < -0.3 is 18.0 Å². The molecular weight excluding hydrogens is 188 g/mol. The van der Waals surface area contributed by atoms with E-state index in [1.165, 1.54) is 0 Å². The quantitative estimate of drug-likeness (QED) is 0.504. The topological polar surface area (TPSA) is 40.2 Å². The Morgan fingerprint density at radius 1 is 1.08 bits per heavy atom. The van der Waals surface area contributed by atoms with E-state index in [2.05, 4.69) is 11.7 Å². The van der Waals surface area contributed by atoms with Crippen molar-refractivity contribution in [1.82, 2.24) is 0 Å². The van der Waals surface area contributed by atoms with Gasteiger partial charge >= 0.3 is 8.80 Å². The van der Waals surface area contributed by atoms with Gasteiger partial charge in [0.15, 0.2) is 0 Å². The molecule has 1 heterocycles. The van der Waals surface area contributed by atoms with Gasteiger partial charge in [0.1, 0.15) is 0 Å². The summed E-state index contributed by atoms with van der Waals surface area (Å²) in [7, 11) is 2.68.